The first-order valence-corrected chi connectivity index (χ1v) is 29.0. The number of hydrogen-bond acceptors (Lipinski definition) is 0. The highest BCUT2D eigenvalue weighted by atomic mass is 127. The average molecular weight is 2790 g/mol. The van der Waals surface area contributed by atoms with Crippen molar-refractivity contribution in [3.8, 4) is 0 Å². The van der Waals surface area contributed by atoms with E-state index in [0.717, 1.165) is 0 Å². The molecule has 0 aliphatic carbocycles. The number of hydrogen-bond donors (Lipinski definition) is 0. The lowest BCUT2D eigenvalue weighted by Crippen LogP contribution is -2.67. The van der Waals surface area contributed by atoms with E-state index in [1.165, 1.54) is 0 Å². The fourth-order valence-electron chi connectivity index (χ4n) is 1.76. The van der Waals surface area contributed by atoms with E-state index in [1.807, 2.05) is 0 Å². The third-order valence-corrected chi connectivity index (χ3v) is 55.5. The number of alkyl halides is 21. The van der Waals surface area contributed by atoms with Crippen molar-refractivity contribution >= 4 is 474 Å². The zero-order chi connectivity index (χ0) is 26.1. The van der Waals surface area contributed by atoms with Gasteiger partial charge in [0.05, 0.1) is 5.92 Å². The van der Waals surface area contributed by atoms with Gasteiger partial charge in [-0.15, -0.1) is 0 Å². The lowest BCUT2D eigenvalue weighted by Gasteiger charge is -2.58. The van der Waals surface area contributed by atoms with Gasteiger partial charge in [0, 0.05) is 0 Å². The lowest BCUT2D eigenvalue weighted by molar-refractivity contribution is 0.566. The summed E-state index contributed by atoms with van der Waals surface area (Å²) in [5.41, 5.74) is 0. The first-order chi connectivity index (χ1) is 12.9. The minimum Gasteiger partial charge on any atom is -0.0642 e. The first kappa shape index (κ1) is 46.3. The van der Waals surface area contributed by atoms with Crippen LogP contribution in [0.25, 0.3) is 0 Å². The molecule has 0 aromatic heterocycles. The molecule has 0 bridgehead atoms. The van der Waals surface area contributed by atoms with Gasteiger partial charge >= 0.3 is 0 Å². The van der Waals surface area contributed by atoms with Crippen molar-refractivity contribution in [3.05, 3.63) is 0 Å². The third kappa shape index (κ3) is 11.2. The molecule has 0 fully saturated rings. The van der Waals surface area contributed by atoms with Crippen LogP contribution in [0.5, 0.6) is 0 Å². The molecule has 0 saturated carbocycles. The normalized spacial score (nSPS) is 16.8. The molecule has 0 heterocycles. The summed E-state index contributed by atoms with van der Waals surface area (Å²) in [5, 5.41) is 0. The molecular weight excluding hydrogens is 2790 g/mol. The van der Waals surface area contributed by atoms with E-state index < -0.39 is 0 Å². The first-order valence-electron chi connectivity index (χ1n) is 6.33. The monoisotopic (exact) mass is 2790 g/mol. The molecule has 0 radical (unpaired) electrons. The van der Waals surface area contributed by atoms with E-state index in [2.05, 4.69) is 474 Å². The molecule has 0 rings (SSSR count). The zero-order valence-corrected chi connectivity index (χ0v) is 58.3. The van der Waals surface area contributed by atoms with E-state index in [-0.39, 0.29) is 6.88 Å². The molecule has 0 spiro atoms. The Labute approximate surface area is 471 Å². The van der Waals surface area contributed by atoms with Gasteiger partial charge in [-0.2, -0.15) is 0 Å². The predicted molar refractivity (Wildman–Crippen MR) is 322 cm³/mol. The Bertz CT molecular complexity index is 627. The second kappa shape index (κ2) is 17.0. The lowest BCUT2D eigenvalue weighted by atomic mass is 10.0. The zero-order valence-electron chi connectivity index (χ0n) is 13.0. The second-order valence-corrected chi connectivity index (χ2v) is 71.1. The summed E-state index contributed by atoms with van der Waals surface area (Å²) >= 11 is 56.8. The maximum atomic E-state index is 2.78. The molecule has 31 heavy (non-hydrogen) atoms. The average Bonchev–Trinajstić information content (AvgIpc) is 2.40. The van der Waals surface area contributed by atoms with Gasteiger partial charge in [-0.3, -0.25) is 0 Å². The van der Waals surface area contributed by atoms with Crippen LogP contribution in [0.3, 0.4) is 0 Å². The van der Waals surface area contributed by atoms with Crippen molar-refractivity contribution < 1.29 is 0 Å². The van der Waals surface area contributed by atoms with E-state index in [9.17, 15) is 0 Å². The van der Waals surface area contributed by atoms with Gasteiger partial charge in [-0.25, -0.2) is 0 Å². The molecule has 0 amide bonds. The van der Waals surface area contributed by atoms with Crippen LogP contribution in [0.2, 0.25) is 0 Å². The molecule has 0 aromatic rings. The molecule has 0 saturated heterocycles. The largest absolute Gasteiger partial charge is 0.149 e. The van der Waals surface area contributed by atoms with Crippen LogP contribution in [-0.4, -0.2) is 6.88 Å². The minimum absolute atomic E-state index is 0.00333. The Morgan fingerprint density at radius 3 is 0.742 bits per heavy atom. The molecule has 0 N–H and O–H groups in total. The van der Waals surface area contributed by atoms with Crippen LogP contribution in [0.1, 0.15) is 0 Å². The van der Waals surface area contributed by atoms with Gasteiger partial charge in [0.15, 0.2) is 0 Å². The molecule has 0 unspecified atom stereocenters. The van der Waals surface area contributed by atoms with E-state index in [4.69, 9.17) is 0 Å². The topological polar surface area (TPSA) is 0 Å². The summed E-state index contributed by atoms with van der Waals surface area (Å²) in [6.07, 6.45) is 0. The van der Waals surface area contributed by atoms with Gasteiger partial charge in [-0.1, -0.05) is 474 Å². The van der Waals surface area contributed by atoms with Crippen molar-refractivity contribution in [1.29, 1.82) is 0 Å². The molecule has 0 aromatic carbocycles. The Kier molecular flexibility index (Phi) is 25.4. The van der Waals surface area contributed by atoms with Crippen LogP contribution in [0.15, 0.2) is 0 Å². The smallest absolute Gasteiger partial charge is 0.0642 e. The summed E-state index contributed by atoms with van der Waals surface area (Å²) in [6.45, 7) is 0. The van der Waals surface area contributed by atoms with E-state index in [0.29, 0.717) is 5.92 Å². The van der Waals surface area contributed by atoms with Crippen LogP contribution < -0.4 is 0 Å². The fourth-order valence-corrected chi connectivity index (χ4v) is 42.3. The van der Waals surface area contributed by atoms with Gasteiger partial charge < -0.3 is 0 Å². The Balaban J connectivity index is 6.96. The quantitative estimate of drug-likeness (QED) is 0.159. The Hall–Kier alpha value is 15.3. The highest BCUT2D eigenvalue weighted by molar-refractivity contribution is 14.3. The van der Waals surface area contributed by atoms with Crippen molar-refractivity contribution in [2.75, 3.05) is 0 Å². The summed E-state index contributed by atoms with van der Waals surface area (Å²) in [6, 6.07) is 0. The van der Waals surface area contributed by atoms with Gasteiger partial charge in [-0.05, 0) is 0 Å². The highest BCUT2D eigenvalue weighted by Crippen LogP contribution is 2.80. The molecule has 21 heteroatoms. The van der Waals surface area contributed by atoms with Crippen LogP contribution >= 0.6 is 474 Å². The van der Waals surface area contributed by atoms with Crippen LogP contribution in [0, 0.1) is 5.92 Å². The Morgan fingerprint density at radius 1 is 0.290 bits per heavy atom. The van der Waals surface area contributed by atoms with Crippen LogP contribution in [-0.2, 0) is 0 Å². The fraction of sp³-hybridized carbons (Fsp3) is 1.00. The number of rotatable bonds is 9. The Morgan fingerprint density at radius 2 is 0.516 bits per heavy atom. The molecule has 188 valence electrons. The van der Waals surface area contributed by atoms with Crippen molar-refractivity contribution in [2.45, 2.75) is 6.88 Å². The summed E-state index contributed by atoms with van der Waals surface area (Å²) in [7, 11) is 0. The van der Waals surface area contributed by atoms with Crippen LogP contribution in [0.4, 0.5) is 0 Å². The second-order valence-electron chi connectivity index (χ2n) is 5.51. The maximum absolute atomic E-state index is 2.78. The van der Waals surface area contributed by atoms with Gasteiger partial charge in [0.2, 0.25) is 0 Å². The third-order valence-electron chi connectivity index (χ3n) is 3.37. The molecule has 0 atom stereocenters. The maximum Gasteiger partial charge on any atom is 0.149 e. The van der Waals surface area contributed by atoms with Crippen molar-refractivity contribution in [1.82, 2.24) is 0 Å². The standard InChI is InChI=1S/C10HI21/c11-2(12,1(3(13,14)15)4(16,17)18)5(19,20)6(21,22)7(23,24)8(25,26)9(27,28)10(29,30)31/h1H. The summed E-state index contributed by atoms with van der Waals surface area (Å²) in [4.78, 5) is 0. The summed E-state index contributed by atoms with van der Waals surface area (Å²) in [5.74, 6) is 0.429. The predicted octanol–water partition coefficient (Wildman–Crippen LogP) is 16.9. The molecule has 0 aliphatic heterocycles. The molecule has 0 nitrogen and oxygen atoms in total. The minimum atomic E-state index is -0.0815. The number of halogens is 21. The molecular formula is C10HI21. The van der Waals surface area contributed by atoms with Crippen molar-refractivity contribution in [3.63, 3.8) is 0 Å². The molecule has 0 aliphatic rings. The van der Waals surface area contributed by atoms with Gasteiger partial charge in [0.25, 0.3) is 0 Å². The van der Waals surface area contributed by atoms with Gasteiger partial charge in [0.1, 0.15) is 6.88 Å². The van der Waals surface area contributed by atoms with E-state index >= 15 is 0 Å². The van der Waals surface area contributed by atoms with E-state index in [1.54, 1.807) is 0 Å². The highest BCUT2D eigenvalue weighted by Gasteiger charge is 2.76. The SMILES string of the molecule is IC(I)(I)C(C(I)(I)I)C(I)(I)C(I)(I)C(I)(I)C(I)(I)C(I)(I)C(I)(I)C(I)(I)I. The summed E-state index contributed by atoms with van der Waals surface area (Å²) < 4.78 is -0.0802. The van der Waals surface area contributed by atoms with Crippen molar-refractivity contribution in [2.24, 2.45) is 5.92 Å².